The Hall–Kier alpha value is -2.17. The summed E-state index contributed by atoms with van der Waals surface area (Å²) in [6.07, 6.45) is 6.87. The van der Waals surface area contributed by atoms with Crippen LogP contribution in [0.15, 0.2) is 24.3 Å². The molecule has 0 N–H and O–H groups in total. The van der Waals surface area contributed by atoms with Crippen molar-refractivity contribution in [3.8, 4) is 0 Å². The first-order chi connectivity index (χ1) is 13.9. The molecule has 4 saturated carbocycles. The van der Waals surface area contributed by atoms with E-state index in [9.17, 15) is 14.4 Å². The summed E-state index contributed by atoms with van der Waals surface area (Å²) in [7, 11) is 0. The van der Waals surface area contributed by atoms with Gasteiger partial charge in [-0.05, 0) is 68.3 Å². The van der Waals surface area contributed by atoms with Crippen LogP contribution in [0, 0.1) is 24.2 Å². The number of likely N-dealkylation sites (tertiary alicyclic amines) is 1. The normalized spacial score (nSPS) is 35.4. The van der Waals surface area contributed by atoms with Crippen LogP contribution in [0.25, 0.3) is 0 Å². The summed E-state index contributed by atoms with van der Waals surface area (Å²) in [6, 6.07) is 8.88. The molecule has 2 atom stereocenters. The van der Waals surface area contributed by atoms with E-state index >= 15 is 0 Å². The molecule has 6 rings (SSSR count). The zero-order chi connectivity index (χ0) is 20.2. The molecule has 5 nitrogen and oxygen atoms in total. The Bertz CT molecular complexity index is 828. The highest BCUT2D eigenvalue weighted by atomic mass is 16.5. The zero-order valence-electron chi connectivity index (χ0n) is 17.1. The van der Waals surface area contributed by atoms with E-state index in [1.54, 1.807) is 0 Å². The summed E-state index contributed by atoms with van der Waals surface area (Å²) in [4.78, 5) is 38.0. The Morgan fingerprint density at radius 2 is 1.66 bits per heavy atom. The largest absolute Gasteiger partial charge is 0.463 e. The SMILES string of the molecule is Cc1ccc(C23CC4CC(CC(C(=O)OCCN5C(=O)CCC5=O)(C4)C2)C3)cc1. The number of benzene rings is 1. The predicted octanol–water partition coefficient (Wildman–Crippen LogP) is 3.53. The van der Waals surface area contributed by atoms with Crippen molar-refractivity contribution in [2.75, 3.05) is 13.2 Å². The van der Waals surface area contributed by atoms with Gasteiger partial charge in [0.1, 0.15) is 6.61 Å². The molecule has 1 aromatic rings. The highest BCUT2D eigenvalue weighted by Gasteiger charge is 2.61. The van der Waals surface area contributed by atoms with Crippen LogP contribution in [0.4, 0.5) is 0 Å². The number of carbonyl (C=O) groups excluding carboxylic acids is 3. The molecule has 5 aliphatic rings. The number of hydrogen-bond donors (Lipinski definition) is 0. The van der Waals surface area contributed by atoms with Crippen LogP contribution in [0.5, 0.6) is 0 Å². The number of nitrogens with zero attached hydrogens (tertiary/aromatic N) is 1. The molecular formula is C24H29NO4. The van der Waals surface area contributed by atoms with Crippen LogP contribution in [0.2, 0.25) is 0 Å². The van der Waals surface area contributed by atoms with Gasteiger partial charge >= 0.3 is 5.97 Å². The van der Waals surface area contributed by atoms with Crippen molar-refractivity contribution in [3.63, 3.8) is 0 Å². The lowest BCUT2D eigenvalue weighted by molar-refractivity contribution is -0.175. The third kappa shape index (κ3) is 3.10. The molecule has 1 heterocycles. The van der Waals surface area contributed by atoms with Crippen LogP contribution >= 0.6 is 0 Å². The lowest BCUT2D eigenvalue weighted by Gasteiger charge is -2.61. The molecule has 2 unspecified atom stereocenters. The van der Waals surface area contributed by atoms with Gasteiger partial charge in [-0.1, -0.05) is 29.8 Å². The second-order valence-electron chi connectivity index (χ2n) is 9.96. The number of hydrogen-bond acceptors (Lipinski definition) is 4. The molecule has 2 amide bonds. The number of amides is 2. The minimum Gasteiger partial charge on any atom is -0.463 e. The Morgan fingerprint density at radius 1 is 1.03 bits per heavy atom. The number of ether oxygens (including phenoxy) is 1. The van der Waals surface area contributed by atoms with Crippen LogP contribution in [0.3, 0.4) is 0 Å². The fourth-order valence-corrected chi connectivity index (χ4v) is 7.00. The molecule has 5 heteroatoms. The minimum absolute atomic E-state index is 0.0949. The zero-order valence-corrected chi connectivity index (χ0v) is 17.1. The Labute approximate surface area is 171 Å². The third-order valence-electron chi connectivity index (χ3n) is 7.86. The number of rotatable bonds is 5. The molecule has 0 aromatic heterocycles. The van der Waals surface area contributed by atoms with Gasteiger partial charge in [0.05, 0.1) is 12.0 Å². The first-order valence-electron chi connectivity index (χ1n) is 11.0. The average molecular weight is 395 g/mol. The van der Waals surface area contributed by atoms with E-state index < -0.39 is 5.41 Å². The van der Waals surface area contributed by atoms with E-state index in [1.807, 2.05) is 0 Å². The molecule has 154 valence electrons. The highest BCUT2D eigenvalue weighted by Crippen LogP contribution is 2.66. The van der Waals surface area contributed by atoms with Gasteiger partial charge < -0.3 is 4.74 Å². The van der Waals surface area contributed by atoms with Gasteiger partial charge in [0.2, 0.25) is 11.8 Å². The third-order valence-corrected chi connectivity index (χ3v) is 7.86. The molecule has 0 spiro atoms. The maximum Gasteiger partial charge on any atom is 0.312 e. The summed E-state index contributed by atoms with van der Waals surface area (Å²) < 4.78 is 5.70. The topological polar surface area (TPSA) is 63.7 Å². The molecular weight excluding hydrogens is 366 g/mol. The lowest BCUT2D eigenvalue weighted by atomic mass is 9.43. The number of carbonyl (C=O) groups is 3. The Balaban J connectivity index is 1.32. The molecule has 1 aliphatic heterocycles. The van der Waals surface area contributed by atoms with E-state index in [0.29, 0.717) is 11.8 Å². The summed E-state index contributed by atoms with van der Waals surface area (Å²) in [5, 5.41) is 0. The van der Waals surface area contributed by atoms with Gasteiger partial charge in [0.25, 0.3) is 0 Å². The molecule has 5 fully saturated rings. The van der Waals surface area contributed by atoms with Crippen LogP contribution in [-0.4, -0.2) is 35.8 Å². The Morgan fingerprint density at radius 3 is 2.28 bits per heavy atom. The van der Waals surface area contributed by atoms with E-state index in [4.69, 9.17) is 4.74 Å². The van der Waals surface area contributed by atoms with Gasteiger partial charge in [-0.3, -0.25) is 19.3 Å². The van der Waals surface area contributed by atoms with Crippen molar-refractivity contribution < 1.29 is 19.1 Å². The highest BCUT2D eigenvalue weighted by molar-refractivity contribution is 6.01. The maximum absolute atomic E-state index is 13.3. The second-order valence-corrected chi connectivity index (χ2v) is 9.96. The summed E-state index contributed by atoms with van der Waals surface area (Å²) in [6.45, 7) is 2.42. The van der Waals surface area contributed by atoms with Crippen LogP contribution in [0.1, 0.15) is 62.5 Å². The van der Waals surface area contributed by atoms with Gasteiger partial charge in [-0.2, -0.15) is 0 Å². The minimum atomic E-state index is -0.395. The maximum atomic E-state index is 13.3. The molecule has 0 radical (unpaired) electrons. The number of imide groups is 1. The van der Waals surface area contributed by atoms with Crippen molar-refractivity contribution in [2.24, 2.45) is 17.3 Å². The van der Waals surface area contributed by atoms with Gasteiger partial charge in [0, 0.05) is 12.8 Å². The summed E-state index contributed by atoms with van der Waals surface area (Å²) >= 11 is 0. The molecule has 4 aliphatic carbocycles. The predicted molar refractivity (Wildman–Crippen MR) is 107 cm³/mol. The first-order valence-corrected chi connectivity index (χ1v) is 11.0. The fourth-order valence-electron chi connectivity index (χ4n) is 7.00. The van der Waals surface area contributed by atoms with Crippen molar-refractivity contribution in [1.82, 2.24) is 4.90 Å². The number of aryl methyl sites for hydroxylation is 1. The Kier molecular flexibility index (Phi) is 4.34. The molecule has 29 heavy (non-hydrogen) atoms. The standard InChI is InChI=1S/C24H29NO4/c1-16-2-4-19(5-3-16)23-11-17-10-18(12-23)14-24(13-17,15-23)22(28)29-9-8-25-20(26)6-7-21(25)27/h2-5,17-18H,6-15H2,1H3. The summed E-state index contributed by atoms with van der Waals surface area (Å²) in [5.74, 6) is 0.763. The van der Waals surface area contributed by atoms with Gasteiger partial charge in [-0.15, -0.1) is 0 Å². The van der Waals surface area contributed by atoms with Gasteiger partial charge in [0.15, 0.2) is 0 Å². The van der Waals surface area contributed by atoms with Crippen molar-refractivity contribution >= 4 is 17.8 Å². The quantitative estimate of drug-likeness (QED) is 0.565. The van der Waals surface area contributed by atoms with Crippen molar-refractivity contribution in [1.29, 1.82) is 0 Å². The van der Waals surface area contributed by atoms with Crippen molar-refractivity contribution in [3.05, 3.63) is 35.4 Å². The van der Waals surface area contributed by atoms with E-state index in [2.05, 4.69) is 31.2 Å². The molecule has 1 saturated heterocycles. The lowest BCUT2D eigenvalue weighted by Crippen LogP contribution is -2.57. The molecule has 1 aromatic carbocycles. The van der Waals surface area contributed by atoms with E-state index in [-0.39, 0.29) is 49.2 Å². The number of esters is 1. The smallest absolute Gasteiger partial charge is 0.312 e. The van der Waals surface area contributed by atoms with Crippen LogP contribution < -0.4 is 0 Å². The van der Waals surface area contributed by atoms with Crippen molar-refractivity contribution in [2.45, 2.75) is 63.7 Å². The van der Waals surface area contributed by atoms with E-state index in [1.165, 1.54) is 35.3 Å². The second kappa shape index (κ2) is 6.68. The van der Waals surface area contributed by atoms with Gasteiger partial charge in [-0.25, -0.2) is 0 Å². The summed E-state index contributed by atoms with van der Waals surface area (Å²) in [5.41, 5.74) is 2.34. The first kappa shape index (κ1) is 18.8. The molecule has 4 bridgehead atoms. The average Bonchev–Trinajstić information content (AvgIpc) is 2.99. The van der Waals surface area contributed by atoms with Crippen LogP contribution in [-0.2, 0) is 24.5 Å². The fraction of sp³-hybridized carbons (Fsp3) is 0.625. The van der Waals surface area contributed by atoms with E-state index in [0.717, 1.165) is 19.3 Å². The monoisotopic (exact) mass is 395 g/mol.